The first-order valence-corrected chi connectivity index (χ1v) is 8.14. The lowest BCUT2D eigenvalue weighted by molar-refractivity contribution is 0.113. The molecule has 2 aromatic rings. The maximum Gasteiger partial charge on any atom is 0.203 e. The molecule has 1 saturated heterocycles. The SMILES string of the molecule is CN1CCC(N(C)Cn2ncn(-c3ccccc3)c2=S)CC1. The average molecular weight is 317 g/mol. The summed E-state index contributed by atoms with van der Waals surface area (Å²) in [5, 5.41) is 4.47. The summed E-state index contributed by atoms with van der Waals surface area (Å²) in [6, 6.07) is 10.7. The van der Waals surface area contributed by atoms with Crippen LogP contribution in [0.3, 0.4) is 0 Å². The first kappa shape index (κ1) is 15.4. The van der Waals surface area contributed by atoms with Gasteiger partial charge in [0.1, 0.15) is 6.33 Å². The lowest BCUT2D eigenvalue weighted by atomic mass is 10.0. The molecule has 1 aromatic carbocycles. The zero-order chi connectivity index (χ0) is 15.5. The molecule has 1 fully saturated rings. The van der Waals surface area contributed by atoms with Crippen molar-refractivity contribution in [2.75, 3.05) is 27.2 Å². The minimum atomic E-state index is 0.611. The first-order valence-electron chi connectivity index (χ1n) is 7.74. The molecular weight excluding hydrogens is 294 g/mol. The molecule has 5 nitrogen and oxygen atoms in total. The van der Waals surface area contributed by atoms with E-state index in [0.717, 1.165) is 17.1 Å². The van der Waals surface area contributed by atoms with Crippen molar-refractivity contribution in [3.63, 3.8) is 0 Å². The maximum absolute atomic E-state index is 5.57. The summed E-state index contributed by atoms with van der Waals surface area (Å²) in [6.07, 6.45) is 4.22. The third-order valence-electron chi connectivity index (χ3n) is 4.44. The Balaban J connectivity index is 1.71. The molecule has 0 amide bonds. The predicted octanol–water partition coefficient (Wildman–Crippen LogP) is 2.39. The zero-order valence-corrected chi connectivity index (χ0v) is 14.0. The zero-order valence-electron chi connectivity index (χ0n) is 13.2. The minimum absolute atomic E-state index is 0.611. The Labute approximate surface area is 136 Å². The van der Waals surface area contributed by atoms with E-state index < -0.39 is 0 Å². The van der Waals surface area contributed by atoms with Gasteiger partial charge in [-0.2, -0.15) is 5.10 Å². The van der Waals surface area contributed by atoms with Crippen LogP contribution in [0.4, 0.5) is 0 Å². The van der Waals surface area contributed by atoms with E-state index in [1.807, 2.05) is 39.6 Å². The highest BCUT2D eigenvalue weighted by Crippen LogP contribution is 2.15. The van der Waals surface area contributed by atoms with Crippen molar-refractivity contribution < 1.29 is 0 Å². The first-order chi connectivity index (χ1) is 10.6. The molecule has 1 aromatic heterocycles. The van der Waals surface area contributed by atoms with Gasteiger partial charge in [0.2, 0.25) is 4.77 Å². The second-order valence-corrected chi connectivity index (χ2v) is 6.42. The summed E-state index contributed by atoms with van der Waals surface area (Å²) in [7, 11) is 4.35. The van der Waals surface area contributed by atoms with Gasteiger partial charge >= 0.3 is 0 Å². The van der Waals surface area contributed by atoms with Gasteiger partial charge in [-0.25, -0.2) is 4.68 Å². The van der Waals surface area contributed by atoms with Crippen LogP contribution in [0.2, 0.25) is 0 Å². The Kier molecular flexibility index (Phi) is 4.71. The van der Waals surface area contributed by atoms with Crippen LogP contribution < -0.4 is 0 Å². The van der Waals surface area contributed by atoms with E-state index in [-0.39, 0.29) is 0 Å². The van der Waals surface area contributed by atoms with Gasteiger partial charge in [0.15, 0.2) is 0 Å². The highest BCUT2D eigenvalue weighted by Gasteiger charge is 2.21. The third kappa shape index (κ3) is 3.29. The topological polar surface area (TPSA) is 29.2 Å². The molecule has 0 saturated carbocycles. The van der Waals surface area contributed by atoms with Crippen molar-refractivity contribution in [1.29, 1.82) is 0 Å². The van der Waals surface area contributed by atoms with Crippen molar-refractivity contribution in [2.24, 2.45) is 0 Å². The molecule has 0 unspecified atom stereocenters. The smallest absolute Gasteiger partial charge is 0.203 e. The molecule has 6 heteroatoms. The van der Waals surface area contributed by atoms with Gasteiger partial charge in [-0.15, -0.1) is 0 Å². The Hall–Kier alpha value is -1.50. The van der Waals surface area contributed by atoms with E-state index in [9.17, 15) is 0 Å². The summed E-state index contributed by atoms with van der Waals surface area (Å²) in [6.45, 7) is 3.07. The molecule has 0 aliphatic carbocycles. The Bertz CT molecular complexity index is 655. The van der Waals surface area contributed by atoms with Gasteiger partial charge in [-0.3, -0.25) is 9.47 Å². The van der Waals surface area contributed by atoms with E-state index in [1.54, 1.807) is 6.33 Å². The number of nitrogens with zero attached hydrogens (tertiary/aromatic N) is 5. The number of hydrogen-bond donors (Lipinski definition) is 0. The van der Waals surface area contributed by atoms with E-state index in [1.165, 1.54) is 25.9 Å². The number of benzene rings is 1. The van der Waals surface area contributed by atoms with Gasteiger partial charge < -0.3 is 4.90 Å². The van der Waals surface area contributed by atoms with E-state index >= 15 is 0 Å². The average Bonchev–Trinajstić information content (AvgIpc) is 2.90. The highest BCUT2D eigenvalue weighted by molar-refractivity contribution is 7.71. The number of hydrogen-bond acceptors (Lipinski definition) is 4. The van der Waals surface area contributed by atoms with Gasteiger partial charge in [-0.1, -0.05) is 18.2 Å². The molecular formula is C16H23N5S. The number of likely N-dealkylation sites (tertiary alicyclic amines) is 1. The number of aromatic nitrogens is 3. The Morgan fingerprint density at radius 3 is 2.59 bits per heavy atom. The van der Waals surface area contributed by atoms with Crippen LogP contribution in [0.1, 0.15) is 12.8 Å². The predicted molar refractivity (Wildman–Crippen MR) is 90.7 cm³/mol. The molecule has 0 N–H and O–H groups in total. The minimum Gasteiger partial charge on any atom is -0.306 e. The van der Waals surface area contributed by atoms with Gasteiger partial charge in [0.25, 0.3) is 0 Å². The fourth-order valence-electron chi connectivity index (χ4n) is 2.96. The number of rotatable bonds is 4. The molecule has 2 heterocycles. The van der Waals surface area contributed by atoms with Crippen LogP contribution in [0, 0.1) is 4.77 Å². The van der Waals surface area contributed by atoms with Crippen LogP contribution in [0.5, 0.6) is 0 Å². The molecule has 0 atom stereocenters. The molecule has 0 spiro atoms. The molecule has 118 valence electrons. The molecule has 3 rings (SSSR count). The molecule has 1 aliphatic rings. The second kappa shape index (κ2) is 6.73. The van der Waals surface area contributed by atoms with Crippen molar-refractivity contribution in [3.8, 4) is 5.69 Å². The quantitative estimate of drug-likeness (QED) is 0.810. The number of piperidine rings is 1. The normalized spacial score (nSPS) is 17.2. The van der Waals surface area contributed by atoms with Gasteiger partial charge in [0.05, 0.1) is 6.67 Å². The van der Waals surface area contributed by atoms with E-state index in [2.05, 4.69) is 29.0 Å². The summed E-state index contributed by atoms with van der Waals surface area (Å²) < 4.78 is 4.60. The monoisotopic (exact) mass is 317 g/mol. The molecule has 22 heavy (non-hydrogen) atoms. The maximum atomic E-state index is 5.57. The fraction of sp³-hybridized carbons (Fsp3) is 0.500. The Morgan fingerprint density at radius 1 is 1.23 bits per heavy atom. The van der Waals surface area contributed by atoms with E-state index in [0.29, 0.717) is 6.04 Å². The largest absolute Gasteiger partial charge is 0.306 e. The van der Waals surface area contributed by atoms with Crippen molar-refractivity contribution in [2.45, 2.75) is 25.6 Å². The number of para-hydroxylation sites is 1. The van der Waals surface area contributed by atoms with Crippen LogP contribution in [0.25, 0.3) is 5.69 Å². The fourth-order valence-corrected chi connectivity index (χ4v) is 3.22. The molecule has 0 bridgehead atoms. The Morgan fingerprint density at radius 2 is 1.91 bits per heavy atom. The highest BCUT2D eigenvalue weighted by atomic mass is 32.1. The summed E-state index contributed by atoms with van der Waals surface area (Å²) >= 11 is 5.57. The summed E-state index contributed by atoms with van der Waals surface area (Å²) in [5.74, 6) is 0. The van der Waals surface area contributed by atoms with Crippen molar-refractivity contribution in [3.05, 3.63) is 41.4 Å². The van der Waals surface area contributed by atoms with Crippen LogP contribution in [0.15, 0.2) is 36.7 Å². The van der Waals surface area contributed by atoms with E-state index in [4.69, 9.17) is 12.2 Å². The molecule has 1 aliphatic heterocycles. The molecule has 0 radical (unpaired) electrons. The van der Waals surface area contributed by atoms with Crippen LogP contribution in [-0.4, -0.2) is 57.4 Å². The third-order valence-corrected chi connectivity index (χ3v) is 4.84. The summed E-state index contributed by atoms with van der Waals surface area (Å²) in [5.41, 5.74) is 1.06. The van der Waals surface area contributed by atoms with Crippen molar-refractivity contribution in [1.82, 2.24) is 24.1 Å². The van der Waals surface area contributed by atoms with Crippen LogP contribution in [-0.2, 0) is 6.67 Å². The van der Waals surface area contributed by atoms with Crippen molar-refractivity contribution >= 4 is 12.2 Å². The second-order valence-electron chi connectivity index (χ2n) is 6.05. The van der Waals surface area contributed by atoms with Gasteiger partial charge in [-0.05, 0) is 64.4 Å². The summed E-state index contributed by atoms with van der Waals surface area (Å²) in [4.78, 5) is 4.76. The van der Waals surface area contributed by atoms with Crippen LogP contribution >= 0.6 is 12.2 Å². The standard InChI is InChI=1S/C16H23N5S/c1-18-10-8-14(9-11-18)19(2)13-21-16(22)20(12-17-21)15-6-4-3-5-7-15/h3-7,12,14H,8-11,13H2,1-2H3. The lowest BCUT2D eigenvalue weighted by Crippen LogP contribution is -2.42. The van der Waals surface area contributed by atoms with Gasteiger partial charge in [0, 0.05) is 11.7 Å². The lowest BCUT2D eigenvalue weighted by Gasteiger charge is -2.34.